The second kappa shape index (κ2) is 6.19. The average Bonchev–Trinajstić information content (AvgIpc) is 3.13. The van der Waals surface area contributed by atoms with Gasteiger partial charge in [0, 0.05) is 37.2 Å². The van der Waals surface area contributed by atoms with Gasteiger partial charge in [-0.3, -0.25) is 9.69 Å². The number of rotatable bonds is 2. The van der Waals surface area contributed by atoms with Crippen molar-refractivity contribution >= 4 is 5.91 Å². The Kier molecular flexibility index (Phi) is 4.00. The zero-order valence-electron chi connectivity index (χ0n) is 14.7. The number of benzene rings is 2. The van der Waals surface area contributed by atoms with E-state index in [-0.39, 0.29) is 11.7 Å². The van der Waals surface area contributed by atoms with Crippen LogP contribution in [0.3, 0.4) is 0 Å². The first kappa shape index (κ1) is 16.2. The van der Waals surface area contributed by atoms with E-state index in [0.717, 1.165) is 25.2 Å². The molecule has 0 spiro atoms. The summed E-state index contributed by atoms with van der Waals surface area (Å²) in [4.78, 5) is 17.4. The molecule has 2 fully saturated rings. The lowest BCUT2D eigenvalue weighted by atomic mass is 9.90. The SMILES string of the molecule is Cc1ccc(O)cc1C(=O)N1C[C@@H]2CN(C)[C@@H](c3ccccc3)[C@@H]2C1. The van der Waals surface area contributed by atoms with Crippen LogP contribution in [0.25, 0.3) is 0 Å². The number of phenols is 1. The molecule has 130 valence electrons. The second-order valence-corrected chi connectivity index (χ2v) is 7.43. The van der Waals surface area contributed by atoms with Crippen LogP contribution in [-0.2, 0) is 0 Å². The van der Waals surface area contributed by atoms with Gasteiger partial charge in [-0.15, -0.1) is 0 Å². The lowest BCUT2D eigenvalue weighted by molar-refractivity contribution is 0.0766. The maximum Gasteiger partial charge on any atom is 0.254 e. The highest BCUT2D eigenvalue weighted by atomic mass is 16.3. The molecule has 1 N–H and O–H groups in total. The Balaban J connectivity index is 1.57. The Bertz CT molecular complexity index is 790. The van der Waals surface area contributed by atoms with Gasteiger partial charge in [-0.25, -0.2) is 0 Å². The Morgan fingerprint density at radius 2 is 1.84 bits per heavy atom. The third-order valence-corrected chi connectivity index (χ3v) is 5.77. The summed E-state index contributed by atoms with van der Waals surface area (Å²) in [6.45, 7) is 4.52. The molecule has 0 aromatic heterocycles. The Hall–Kier alpha value is -2.33. The van der Waals surface area contributed by atoms with Crippen molar-refractivity contribution in [1.82, 2.24) is 9.80 Å². The van der Waals surface area contributed by atoms with E-state index in [0.29, 0.717) is 23.4 Å². The molecule has 2 aliphatic heterocycles. The lowest BCUT2D eigenvalue weighted by Gasteiger charge is -2.27. The van der Waals surface area contributed by atoms with Gasteiger partial charge in [0.15, 0.2) is 0 Å². The minimum Gasteiger partial charge on any atom is -0.508 e. The van der Waals surface area contributed by atoms with Gasteiger partial charge in [0.2, 0.25) is 0 Å². The maximum absolute atomic E-state index is 13.0. The molecule has 25 heavy (non-hydrogen) atoms. The quantitative estimate of drug-likeness (QED) is 0.916. The van der Waals surface area contributed by atoms with E-state index in [2.05, 4.69) is 36.2 Å². The number of aryl methyl sites for hydroxylation is 1. The van der Waals surface area contributed by atoms with Crippen molar-refractivity contribution in [3.63, 3.8) is 0 Å². The summed E-state index contributed by atoms with van der Waals surface area (Å²) >= 11 is 0. The monoisotopic (exact) mass is 336 g/mol. The molecule has 2 heterocycles. The number of carbonyl (C=O) groups is 1. The van der Waals surface area contributed by atoms with Gasteiger partial charge in [-0.2, -0.15) is 0 Å². The van der Waals surface area contributed by atoms with Gasteiger partial charge < -0.3 is 10.0 Å². The average molecular weight is 336 g/mol. The van der Waals surface area contributed by atoms with Crippen LogP contribution in [0, 0.1) is 18.8 Å². The smallest absolute Gasteiger partial charge is 0.254 e. The molecule has 0 saturated carbocycles. The molecule has 1 amide bonds. The molecule has 4 rings (SSSR count). The van der Waals surface area contributed by atoms with Crippen molar-refractivity contribution in [2.75, 3.05) is 26.7 Å². The van der Waals surface area contributed by atoms with Crippen molar-refractivity contribution in [2.45, 2.75) is 13.0 Å². The standard InChI is InChI=1S/C21H24N2O2/c1-14-8-9-17(24)10-18(14)21(25)23-12-16-11-22(2)20(19(16)13-23)15-6-4-3-5-7-15/h3-10,16,19-20,24H,11-13H2,1-2H3/t16-,19+,20-/m0/s1. The molecule has 2 aromatic rings. The molecular weight excluding hydrogens is 312 g/mol. The van der Waals surface area contributed by atoms with E-state index in [1.165, 1.54) is 5.56 Å². The van der Waals surface area contributed by atoms with Crippen LogP contribution < -0.4 is 0 Å². The number of phenolic OH excluding ortho intramolecular Hbond substituents is 1. The van der Waals surface area contributed by atoms with Gasteiger partial charge in [0.1, 0.15) is 5.75 Å². The third-order valence-electron chi connectivity index (χ3n) is 5.77. The minimum atomic E-state index is 0.0391. The number of hydrogen-bond donors (Lipinski definition) is 1. The van der Waals surface area contributed by atoms with Gasteiger partial charge in [-0.05, 0) is 43.1 Å². The zero-order valence-corrected chi connectivity index (χ0v) is 14.7. The number of carbonyl (C=O) groups excluding carboxylic acids is 1. The van der Waals surface area contributed by atoms with Crippen LogP contribution in [0.1, 0.15) is 27.5 Å². The normalized spacial score (nSPS) is 26.0. The van der Waals surface area contributed by atoms with Crippen molar-refractivity contribution in [3.8, 4) is 5.75 Å². The fraction of sp³-hybridized carbons (Fsp3) is 0.381. The molecule has 4 nitrogen and oxygen atoms in total. The highest BCUT2D eigenvalue weighted by molar-refractivity contribution is 5.96. The first-order valence-corrected chi connectivity index (χ1v) is 8.88. The van der Waals surface area contributed by atoms with Crippen molar-refractivity contribution in [3.05, 3.63) is 65.2 Å². The summed E-state index contributed by atoms with van der Waals surface area (Å²) in [5.41, 5.74) is 2.86. The van der Waals surface area contributed by atoms with Gasteiger partial charge in [0.05, 0.1) is 0 Å². The predicted molar refractivity (Wildman–Crippen MR) is 97.5 cm³/mol. The molecule has 2 aromatic carbocycles. The van der Waals surface area contributed by atoms with Crippen LogP contribution >= 0.6 is 0 Å². The minimum absolute atomic E-state index is 0.0391. The van der Waals surface area contributed by atoms with Crippen molar-refractivity contribution in [1.29, 1.82) is 0 Å². The molecule has 3 atom stereocenters. The Morgan fingerprint density at radius 3 is 2.60 bits per heavy atom. The van der Waals surface area contributed by atoms with Crippen molar-refractivity contribution < 1.29 is 9.90 Å². The molecule has 2 aliphatic rings. The highest BCUT2D eigenvalue weighted by Crippen LogP contribution is 2.44. The van der Waals surface area contributed by atoms with E-state index in [4.69, 9.17) is 0 Å². The molecular formula is C21H24N2O2. The summed E-state index contributed by atoms with van der Waals surface area (Å²) in [7, 11) is 2.18. The summed E-state index contributed by atoms with van der Waals surface area (Å²) in [5.74, 6) is 1.17. The van der Waals surface area contributed by atoms with E-state index in [9.17, 15) is 9.90 Å². The first-order valence-electron chi connectivity index (χ1n) is 8.88. The third kappa shape index (κ3) is 2.81. The van der Waals surface area contributed by atoms with Crippen LogP contribution in [0.2, 0.25) is 0 Å². The number of amides is 1. The number of likely N-dealkylation sites (tertiary alicyclic amines) is 2. The fourth-order valence-corrected chi connectivity index (χ4v) is 4.59. The highest BCUT2D eigenvalue weighted by Gasteiger charge is 2.47. The zero-order chi connectivity index (χ0) is 17.6. The lowest BCUT2D eigenvalue weighted by Crippen LogP contribution is -2.33. The van der Waals surface area contributed by atoms with E-state index in [1.54, 1.807) is 18.2 Å². The summed E-state index contributed by atoms with van der Waals surface area (Å²) in [6, 6.07) is 16.0. The largest absolute Gasteiger partial charge is 0.508 e. The first-order chi connectivity index (χ1) is 12.0. The molecule has 0 aliphatic carbocycles. The number of aromatic hydroxyl groups is 1. The molecule has 2 saturated heterocycles. The molecule has 0 unspecified atom stereocenters. The van der Waals surface area contributed by atoms with E-state index >= 15 is 0 Å². The van der Waals surface area contributed by atoms with Crippen LogP contribution in [-0.4, -0.2) is 47.5 Å². The predicted octanol–water partition coefficient (Wildman–Crippen LogP) is 3.08. The Morgan fingerprint density at radius 1 is 1.08 bits per heavy atom. The fourth-order valence-electron chi connectivity index (χ4n) is 4.59. The van der Waals surface area contributed by atoms with E-state index < -0.39 is 0 Å². The second-order valence-electron chi connectivity index (χ2n) is 7.43. The van der Waals surface area contributed by atoms with Crippen LogP contribution in [0.5, 0.6) is 5.75 Å². The number of fused-ring (bicyclic) bond motifs is 1. The Labute approximate surface area is 148 Å². The summed E-state index contributed by atoms with van der Waals surface area (Å²) in [6.07, 6.45) is 0. The summed E-state index contributed by atoms with van der Waals surface area (Å²) in [5, 5.41) is 9.74. The number of hydrogen-bond acceptors (Lipinski definition) is 3. The van der Waals surface area contributed by atoms with Gasteiger partial charge in [0.25, 0.3) is 5.91 Å². The maximum atomic E-state index is 13.0. The van der Waals surface area contributed by atoms with Crippen LogP contribution in [0.4, 0.5) is 0 Å². The molecule has 0 radical (unpaired) electrons. The van der Waals surface area contributed by atoms with E-state index in [1.807, 2.05) is 17.9 Å². The summed E-state index contributed by atoms with van der Waals surface area (Å²) < 4.78 is 0. The van der Waals surface area contributed by atoms with Crippen LogP contribution in [0.15, 0.2) is 48.5 Å². The van der Waals surface area contributed by atoms with Gasteiger partial charge >= 0.3 is 0 Å². The molecule has 4 heteroatoms. The number of nitrogens with zero attached hydrogens (tertiary/aromatic N) is 2. The topological polar surface area (TPSA) is 43.8 Å². The van der Waals surface area contributed by atoms with Crippen molar-refractivity contribution in [2.24, 2.45) is 11.8 Å². The van der Waals surface area contributed by atoms with Gasteiger partial charge in [-0.1, -0.05) is 36.4 Å². The molecule has 0 bridgehead atoms.